The van der Waals surface area contributed by atoms with Gasteiger partial charge in [-0.05, 0) is 82.2 Å². The van der Waals surface area contributed by atoms with E-state index in [-0.39, 0.29) is 5.54 Å². The number of benzene rings is 1. The number of aromatic hydroxyl groups is 1. The summed E-state index contributed by atoms with van der Waals surface area (Å²) in [6, 6.07) is 7.63. The first-order chi connectivity index (χ1) is 11.9. The smallest absolute Gasteiger partial charge is 0.451 e. The molecule has 6 heteroatoms. The van der Waals surface area contributed by atoms with Crippen molar-refractivity contribution in [3.63, 3.8) is 0 Å². The second-order valence-electron chi connectivity index (χ2n) is 7.84. The van der Waals surface area contributed by atoms with E-state index in [2.05, 4.69) is 11.8 Å². The van der Waals surface area contributed by atoms with E-state index in [1.807, 2.05) is 12.1 Å². The van der Waals surface area contributed by atoms with Crippen molar-refractivity contribution >= 4 is 7.12 Å². The van der Waals surface area contributed by atoms with Gasteiger partial charge in [-0.15, -0.1) is 0 Å². The van der Waals surface area contributed by atoms with Gasteiger partial charge in [0, 0.05) is 5.54 Å². The lowest BCUT2D eigenvalue weighted by atomic mass is 9.82. The van der Waals surface area contributed by atoms with Crippen molar-refractivity contribution in [2.75, 3.05) is 19.6 Å². The maximum absolute atomic E-state index is 9.40. The van der Waals surface area contributed by atoms with Crippen LogP contribution in [-0.4, -0.2) is 52.3 Å². The summed E-state index contributed by atoms with van der Waals surface area (Å²) in [5.41, 5.74) is 7.55. The van der Waals surface area contributed by atoms with Crippen LogP contribution in [0.2, 0.25) is 6.32 Å². The first-order valence-electron chi connectivity index (χ1n) is 9.52. The van der Waals surface area contributed by atoms with Crippen LogP contribution in [0.5, 0.6) is 5.75 Å². The number of unbranched alkanes of at least 4 members (excludes halogenated alkanes) is 1. The topological polar surface area (TPSA) is 90.0 Å². The quantitative estimate of drug-likeness (QED) is 0.406. The summed E-state index contributed by atoms with van der Waals surface area (Å²) in [5, 5.41) is 27.2. The van der Waals surface area contributed by atoms with Gasteiger partial charge in [-0.25, -0.2) is 0 Å². The second kappa shape index (κ2) is 9.58. The van der Waals surface area contributed by atoms with E-state index >= 15 is 0 Å². The SMILES string of the molecule is CC(N)(CCCCB(O)O)CCN1CCC(c2ccc(O)cc2)CC1. The number of nitrogens with two attached hydrogens (primary N) is 1. The molecule has 1 aromatic carbocycles. The molecule has 1 unspecified atom stereocenters. The summed E-state index contributed by atoms with van der Waals surface area (Å²) >= 11 is 0. The molecule has 140 valence electrons. The van der Waals surface area contributed by atoms with Crippen LogP contribution in [-0.2, 0) is 0 Å². The molecule has 1 saturated heterocycles. The van der Waals surface area contributed by atoms with Crippen molar-refractivity contribution in [2.24, 2.45) is 5.73 Å². The highest BCUT2D eigenvalue weighted by molar-refractivity contribution is 6.40. The lowest BCUT2D eigenvalue weighted by molar-refractivity contribution is 0.191. The summed E-state index contributed by atoms with van der Waals surface area (Å²) in [6.07, 6.45) is 6.38. The highest BCUT2D eigenvalue weighted by Crippen LogP contribution is 2.29. The van der Waals surface area contributed by atoms with Crippen LogP contribution >= 0.6 is 0 Å². The van der Waals surface area contributed by atoms with Gasteiger partial charge in [-0.2, -0.15) is 0 Å². The molecule has 1 aromatic rings. The number of hydrogen-bond donors (Lipinski definition) is 4. The standard InChI is InChI=1S/C19H33BN2O3/c1-19(21,10-2-3-12-20(24)25)11-15-22-13-8-17(9-14-22)16-4-6-18(23)7-5-16/h4-7,17,23-25H,2-3,8-15,21H2,1H3. The first kappa shape index (κ1) is 20.2. The fourth-order valence-corrected chi connectivity index (χ4v) is 3.63. The third-order valence-electron chi connectivity index (χ3n) is 5.41. The van der Waals surface area contributed by atoms with Crippen molar-refractivity contribution in [2.45, 2.75) is 63.2 Å². The fourth-order valence-electron chi connectivity index (χ4n) is 3.63. The molecule has 0 aromatic heterocycles. The van der Waals surface area contributed by atoms with Crippen LogP contribution in [0.3, 0.4) is 0 Å². The molecule has 0 spiro atoms. The van der Waals surface area contributed by atoms with E-state index < -0.39 is 7.12 Å². The summed E-state index contributed by atoms with van der Waals surface area (Å²) in [4.78, 5) is 2.50. The molecule has 25 heavy (non-hydrogen) atoms. The fraction of sp³-hybridized carbons (Fsp3) is 0.684. The number of nitrogens with zero attached hydrogens (tertiary/aromatic N) is 1. The highest BCUT2D eigenvalue weighted by Gasteiger charge is 2.24. The molecule has 2 rings (SSSR count). The van der Waals surface area contributed by atoms with E-state index in [1.165, 1.54) is 5.56 Å². The van der Waals surface area contributed by atoms with Crippen LogP contribution in [0, 0.1) is 0 Å². The van der Waals surface area contributed by atoms with Crippen molar-refractivity contribution in [1.29, 1.82) is 0 Å². The van der Waals surface area contributed by atoms with Gasteiger partial charge < -0.3 is 25.8 Å². The third kappa shape index (κ3) is 7.36. The average molecular weight is 348 g/mol. The van der Waals surface area contributed by atoms with Gasteiger partial charge in [-0.1, -0.05) is 25.0 Å². The summed E-state index contributed by atoms with van der Waals surface area (Å²) < 4.78 is 0. The van der Waals surface area contributed by atoms with E-state index in [1.54, 1.807) is 12.1 Å². The Morgan fingerprint density at radius 2 is 1.76 bits per heavy atom. The highest BCUT2D eigenvalue weighted by atomic mass is 16.4. The van der Waals surface area contributed by atoms with E-state index in [0.717, 1.165) is 58.2 Å². The number of phenols is 1. The van der Waals surface area contributed by atoms with Crippen molar-refractivity contribution in [3.8, 4) is 5.75 Å². The Hall–Kier alpha value is -1.08. The first-order valence-corrected chi connectivity index (χ1v) is 9.52. The third-order valence-corrected chi connectivity index (χ3v) is 5.41. The minimum Gasteiger partial charge on any atom is -0.508 e. The van der Waals surface area contributed by atoms with Gasteiger partial charge in [0.2, 0.25) is 0 Å². The Labute approximate surface area is 152 Å². The van der Waals surface area contributed by atoms with Gasteiger partial charge in [0.05, 0.1) is 0 Å². The largest absolute Gasteiger partial charge is 0.508 e. The second-order valence-corrected chi connectivity index (χ2v) is 7.84. The van der Waals surface area contributed by atoms with Crippen LogP contribution in [0.25, 0.3) is 0 Å². The van der Waals surface area contributed by atoms with Gasteiger partial charge in [0.25, 0.3) is 0 Å². The Bertz CT molecular complexity index is 500. The van der Waals surface area contributed by atoms with E-state index in [0.29, 0.717) is 18.0 Å². The molecule has 1 fully saturated rings. The maximum atomic E-state index is 9.40. The van der Waals surface area contributed by atoms with Crippen LogP contribution in [0.4, 0.5) is 0 Å². The van der Waals surface area contributed by atoms with Crippen molar-refractivity contribution in [3.05, 3.63) is 29.8 Å². The predicted octanol–water partition coefficient (Wildman–Crippen LogP) is 2.32. The molecule has 1 aliphatic rings. The van der Waals surface area contributed by atoms with Gasteiger partial charge in [0.15, 0.2) is 0 Å². The van der Waals surface area contributed by atoms with E-state index in [9.17, 15) is 5.11 Å². The normalized spacial score (nSPS) is 18.9. The lowest BCUT2D eigenvalue weighted by Crippen LogP contribution is -2.42. The molecular formula is C19H33BN2O3. The summed E-state index contributed by atoms with van der Waals surface area (Å²) in [5.74, 6) is 0.919. The number of rotatable bonds is 9. The molecule has 5 nitrogen and oxygen atoms in total. The van der Waals surface area contributed by atoms with Crippen molar-refractivity contribution < 1.29 is 15.2 Å². The summed E-state index contributed by atoms with van der Waals surface area (Å²) in [6.45, 7) is 5.32. The Balaban J connectivity index is 1.66. The minimum atomic E-state index is -1.20. The van der Waals surface area contributed by atoms with Gasteiger partial charge >= 0.3 is 7.12 Å². The van der Waals surface area contributed by atoms with Crippen molar-refractivity contribution in [1.82, 2.24) is 4.90 Å². The number of hydrogen-bond acceptors (Lipinski definition) is 5. The van der Waals surface area contributed by atoms with E-state index in [4.69, 9.17) is 15.8 Å². The Morgan fingerprint density at radius 1 is 1.12 bits per heavy atom. The molecule has 0 bridgehead atoms. The number of phenolic OH excluding ortho intramolecular Hbond substituents is 1. The van der Waals surface area contributed by atoms with Gasteiger partial charge in [0.1, 0.15) is 5.75 Å². The van der Waals surface area contributed by atoms with Crippen LogP contribution in [0.15, 0.2) is 24.3 Å². The molecule has 0 saturated carbocycles. The predicted molar refractivity (Wildman–Crippen MR) is 103 cm³/mol. The minimum absolute atomic E-state index is 0.186. The van der Waals surface area contributed by atoms with Gasteiger partial charge in [-0.3, -0.25) is 0 Å². The zero-order valence-electron chi connectivity index (χ0n) is 15.4. The molecule has 1 heterocycles. The molecule has 5 N–H and O–H groups in total. The average Bonchev–Trinajstić information content (AvgIpc) is 2.58. The summed E-state index contributed by atoms with van der Waals surface area (Å²) in [7, 11) is -1.20. The number of likely N-dealkylation sites (tertiary alicyclic amines) is 1. The molecule has 1 atom stereocenters. The molecule has 1 aliphatic heterocycles. The molecule has 0 radical (unpaired) electrons. The van der Waals surface area contributed by atoms with Crippen LogP contribution in [0.1, 0.15) is 56.9 Å². The Kier molecular flexibility index (Phi) is 7.75. The zero-order chi connectivity index (χ0) is 18.3. The molecule has 0 amide bonds. The lowest BCUT2D eigenvalue weighted by Gasteiger charge is -2.34. The number of piperidine rings is 1. The molecular weight excluding hydrogens is 315 g/mol. The maximum Gasteiger partial charge on any atom is 0.451 e. The zero-order valence-corrected chi connectivity index (χ0v) is 15.4. The Morgan fingerprint density at radius 3 is 2.36 bits per heavy atom. The monoisotopic (exact) mass is 348 g/mol. The van der Waals surface area contributed by atoms with Crippen LogP contribution < -0.4 is 5.73 Å². The molecule has 0 aliphatic carbocycles.